The number of ketones is 1. The highest BCUT2D eigenvalue weighted by molar-refractivity contribution is 6.06. The van der Waals surface area contributed by atoms with Crippen molar-refractivity contribution in [1.29, 1.82) is 0 Å². The first-order valence-electron chi connectivity index (χ1n) is 10.2. The topological polar surface area (TPSA) is 118 Å². The Morgan fingerprint density at radius 1 is 1.00 bits per heavy atom. The predicted molar refractivity (Wildman–Crippen MR) is 103 cm³/mol. The predicted octanol–water partition coefficient (Wildman–Crippen LogP) is 3.22. The zero-order chi connectivity index (χ0) is 21.9. The van der Waals surface area contributed by atoms with Gasteiger partial charge in [0.2, 0.25) is 0 Å². The average molecular weight is 406 g/mol. The minimum absolute atomic E-state index is 0.0941. The van der Waals surface area contributed by atoms with E-state index in [-0.39, 0.29) is 29.6 Å². The summed E-state index contributed by atoms with van der Waals surface area (Å²) in [5, 5.41) is 19.7. The summed E-state index contributed by atoms with van der Waals surface area (Å²) >= 11 is 0. The molecule has 3 aliphatic carbocycles. The number of carboxylic acids is 2. The number of carbonyl (C=O) groups excluding carboxylic acids is 2. The summed E-state index contributed by atoms with van der Waals surface area (Å²) in [6.45, 7) is 8.43. The zero-order valence-electron chi connectivity index (χ0n) is 17.7. The Morgan fingerprint density at radius 3 is 2.14 bits per heavy atom. The molecular formula is C22H30O7. The number of fused-ring (bicyclic) bond motifs is 3. The number of carbonyl (C=O) groups is 4. The van der Waals surface area contributed by atoms with Crippen molar-refractivity contribution in [1.82, 2.24) is 0 Å². The van der Waals surface area contributed by atoms with Crippen LogP contribution in [-0.4, -0.2) is 40.0 Å². The van der Waals surface area contributed by atoms with E-state index in [1.54, 1.807) is 6.92 Å². The number of hydrogen-bond acceptors (Lipinski definition) is 5. The van der Waals surface area contributed by atoms with E-state index in [2.05, 4.69) is 0 Å². The molecule has 3 rings (SSSR count). The van der Waals surface area contributed by atoms with E-state index in [1.807, 2.05) is 13.8 Å². The van der Waals surface area contributed by atoms with Crippen molar-refractivity contribution in [3.63, 3.8) is 0 Å². The molecule has 0 heterocycles. The van der Waals surface area contributed by atoms with Crippen LogP contribution in [0.5, 0.6) is 0 Å². The summed E-state index contributed by atoms with van der Waals surface area (Å²) in [6.07, 6.45) is 1.64. The first-order valence-corrected chi connectivity index (χ1v) is 10.2. The number of allylic oxidation sites excluding steroid dienone is 1. The van der Waals surface area contributed by atoms with Crippen molar-refractivity contribution < 1.29 is 34.1 Å². The molecule has 7 nitrogen and oxygen atoms in total. The van der Waals surface area contributed by atoms with Gasteiger partial charge in [0, 0.05) is 29.9 Å². The van der Waals surface area contributed by atoms with Gasteiger partial charge in [-0.25, -0.2) is 4.79 Å². The quantitative estimate of drug-likeness (QED) is 0.546. The van der Waals surface area contributed by atoms with E-state index in [4.69, 9.17) is 4.74 Å². The van der Waals surface area contributed by atoms with E-state index in [9.17, 15) is 29.4 Å². The third kappa shape index (κ3) is 2.84. The van der Waals surface area contributed by atoms with Crippen LogP contribution >= 0.6 is 0 Å². The summed E-state index contributed by atoms with van der Waals surface area (Å²) in [5.41, 5.74) is -1.81. The fraction of sp³-hybridized carbons (Fsp3) is 0.727. The molecule has 0 amide bonds. The van der Waals surface area contributed by atoms with Crippen LogP contribution in [0.15, 0.2) is 11.1 Å². The molecule has 160 valence electrons. The molecule has 3 aliphatic rings. The van der Waals surface area contributed by atoms with Crippen LogP contribution in [0.1, 0.15) is 66.7 Å². The van der Waals surface area contributed by atoms with Gasteiger partial charge in [0.1, 0.15) is 11.5 Å². The second-order valence-electron chi connectivity index (χ2n) is 9.72. The molecule has 0 spiro atoms. The summed E-state index contributed by atoms with van der Waals surface area (Å²) in [6, 6.07) is 0. The fourth-order valence-electron chi connectivity index (χ4n) is 6.99. The van der Waals surface area contributed by atoms with E-state index in [1.165, 1.54) is 13.8 Å². The molecule has 0 bridgehead atoms. The minimum atomic E-state index is -1.25. The molecule has 2 N–H and O–H groups in total. The maximum Gasteiger partial charge on any atom is 0.331 e. The maximum atomic E-state index is 12.9. The second kappa shape index (κ2) is 6.67. The highest BCUT2D eigenvalue weighted by Crippen LogP contribution is 2.69. The van der Waals surface area contributed by atoms with Crippen molar-refractivity contribution in [2.24, 2.45) is 28.1 Å². The van der Waals surface area contributed by atoms with Crippen LogP contribution in [0, 0.1) is 28.1 Å². The number of ether oxygens (including phenoxy) is 1. The molecule has 0 aromatic rings. The van der Waals surface area contributed by atoms with E-state index < -0.39 is 40.3 Å². The highest BCUT2D eigenvalue weighted by atomic mass is 16.5. The largest absolute Gasteiger partial charge is 0.481 e. The van der Waals surface area contributed by atoms with Crippen molar-refractivity contribution >= 4 is 23.7 Å². The van der Waals surface area contributed by atoms with Gasteiger partial charge in [0.25, 0.3) is 0 Å². The molecule has 3 fully saturated rings. The number of carboxylic acid groups (broad SMARTS) is 2. The number of hydrogen-bond donors (Lipinski definition) is 2. The lowest BCUT2D eigenvalue weighted by atomic mass is 9.42. The molecule has 6 atom stereocenters. The third-order valence-corrected chi connectivity index (χ3v) is 8.36. The lowest BCUT2D eigenvalue weighted by Crippen LogP contribution is -2.61. The number of aliphatic carboxylic acids is 2. The van der Waals surface area contributed by atoms with Crippen molar-refractivity contribution in [3.8, 4) is 0 Å². The molecule has 6 unspecified atom stereocenters. The standard InChI is InChI=1S/C22H30O7/c1-11(18(25)26)17-13(24)10-15-20(3)9-7-16(29-12(2)23)22(5,19(27)28)14(20)6-8-21(15,17)4/h14-16H,6-10H2,1-5H3,(H,25,26)(H,27,28). The van der Waals surface area contributed by atoms with Gasteiger partial charge in [0.05, 0.1) is 0 Å². The van der Waals surface area contributed by atoms with Crippen LogP contribution in [0.4, 0.5) is 0 Å². The Labute approximate surface area is 170 Å². The smallest absolute Gasteiger partial charge is 0.331 e. The Hall–Kier alpha value is -2.18. The first-order chi connectivity index (χ1) is 13.3. The summed E-state index contributed by atoms with van der Waals surface area (Å²) in [7, 11) is 0. The first kappa shape index (κ1) is 21.5. The minimum Gasteiger partial charge on any atom is -0.481 e. The van der Waals surface area contributed by atoms with Gasteiger partial charge in [-0.3, -0.25) is 14.4 Å². The SMILES string of the molecule is CC(=O)OC1CCC2(C)C3CC(=O)C(=C(C)C(=O)O)C3(C)CCC2C1(C)C(=O)O. The van der Waals surface area contributed by atoms with Gasteiger partial charge in [-0.15, -0.1) is 0 Å². The van der Waals surface area contributed by atoms with Gasteiger partial charge >= 0.3 is 17.9 Å². The van der Waals surface area contributed by atoms with Crippen LogP contribution in [0.2, 0.25) is 0 Å². The van der Waals surface area contributed by atoms with Gasteiger partial charge in [-0.1, -0.05) is 13.8 Å². The maximum absolute atomic E-state index is 12.9. The van der Waals surface area contributed by atoms with E-state index in [0.717, 1.165) is 0 Å². The van der Waals surface area contributed by atoms with Crippen molar-refractivity contribution in [2.75, 3.05) is 0 Å². The molecule has 0 aromatic carbocycles. The lowest BCUT2D eigenvalue weighted by Gasteiger charge is -2.61. The van der Waals surface area contributed by atoms with Crippen molar-refractivity contribution in [2.45, 2.75) is 72.8 Å². The summed E-state index contributed by atoms with van der Waals surface area (Å²) in [4.78, 5) is 48.5. The van der Waals surface area contributed by atoms with Gasteiger partial charge < -0.3 is 14.9 Å². The monoisotopic (exact) mass is 406 g/mol. The molecule has 0 aliphatic heterocycles. The van der Waals surface area contributed by atoms with Crippen LogP contribution in [-0.2, 0) is 23.9 Å². The second-order valence-corrected chi connectivity index (χ2v) is 9.72. The Morgan fingerprint density at radius 2 is 1.62 bits per heavy atom. The molecule has 0 saturated heterocycles. The van der Waals surface area contributed by atoms with Gasteiger partial charge in [0.15, 0.2) is 5.78 Å². The number of Topliss-reactive ketones (excluding diaryl/α,β-unsaturated/α-hetero) is 1. The molecule has 3 saturated carbocycles. The molecule has 7 heteroatoms. The van der Waals surface area contributed by atoms with Crippen LogP contribution < -0.4 is 0 Å². The zero-order valence-corrected chi connectivity index (χ0v) is 17.7. The van der Waals surface area contributed by atoms with Crippen LogP contribution in [0.3, 0.4) is 0 Å². The van der Waals surface area contributed by atoms with E-state index in [0.29, 0.717) is 31.3 Å². The molecular weight excluding hydrogens is 376 g/mol. The molecule has 0 aromatic heterocycles. The van der Waals surface area contributed by atoms with Crippen molar-refractivity contribution in [3.05, 3.63) is 11.1 Å². The summed E-state index contributed by atoms with van der Waals surface area (Å²) in [5.74, 6) is -3.13. The lowest BCUT2D eigenvalue weighted by molar-refractivity contribution is -0.204. The summed E-state index contributed by atoms with van der Waals surface area (Å²) < 4.78 is 5.44. The fourth-order valence-corrected chi connectivity index (χ4v) is 6.99. The Bertz CT molecular complexity index is 827. The Balaban J connectivity index is 2.10. The Kier molecular flexibility index (Phi) is 4.95. The third-order valence-electron chi connectivity index (χ3n) is 8.36. The highest BCUT2D eigenvalue weighted by Gasteiger charge is 2.68. The number of esters is 1. The van der Waals surface area contributed by atoms with Crippen LogP contribution in [0.25, 0.3) is 0 Å². The molecule has 0 radical (unpaired) electrons. The van der Waals surface area contributed by atoms with Gasteiger partial charge in [-0.05, 0) is 56.8 Å². The van der Waals surface area contributed by atoms with Gasteiger partial charge in [-0.2, -0.15) is 0 Å². The normalized spacial score (nSPS) is 43.2. The number of rotatable bonds is 3. The molecule has 29 heavy (non-hydrogen) atoms. The average Bonchev–Trinajstić information content (AvgIpc) is 2.88. The van der Waals surface area contributed by atoms with E-state index >= 15 is 0 Å².